The molecule has 2 aliphatic rings. The van der Waals surface area contributed by atoms with Crippen LogP contribution in [-0.4, -0.2) is 208 Å². The van der Waals surface area contributed by atoms with Crippen molar-refractivity contribution < 1.29 is 81.7 Å². The Hall–Kier alpha value is -10.7. The maximum atomic E-state index is 12.9. The van der Waals surface area contributed by atoms with E-state index in [1.54, 1.807) is 146 Å². The van der Waals surface area contributed by atoms with Gasteiger partial charge in [0.05, 0.1) is 26.9 Å². The Labute approximate surface area is 600 Å². The predicted octanol–water partition coefficient (Wildman–Crippen LogP) is 5.50. The molecule has 38 heteroatoms. The number of aliphatic carboxylic acids is 2. The first-order valence-corrected chi connectivity index (χ1v) is 34.1. The number of nitrogens with two attached hydrogens (primary N) is 1. The Morgan fingerprint density at radius 2 is 0.775 bits per heavy atom. The summed E-state index contributed by atoms with van der Waals surface area (Å²) in [5, 5.41) is 63.7. The fourth-order valence-electron chi connectivity index (χ4n) is 8.81. The van der Waals surface area contributed by atoms with Crippen molar-refractivity contribution in [3.63, 3.8) is 0 Å². The summed E-state index contributed by atoms with van der Waals surface area (Å²) in [5.74, 6) is -5.68. The van der Waals surface area contributed by atoms with Gasteiger partial charge in [-0.05, 0) is 173 Å². The van der Waals surface area contributed by atoms with Crippen LogP contribution in [0.5, 0.6) is 0 Å². The topological polar surface area (TPSA) is 464 Å². The number of methoxy groups -OCH3 is 3. The van der Waals surface area contributed by atoms with Gasteiger partial charge in [-0.25, -0.2) is 13.8 Å². The van der Waals surface area contributed by atoms with E-state index < -0.39 is 74.3 Å². The van der Waals surface area contributed by atoms with Crippen LogP contribution in [0.15, 0.2) is 148 Å². The number of aromatic nitrogens is 12. The molecule has 102 heavy (non-hydrogen) atoms. The van der Waals surface area contributed by atoms with E-state index >= 15 is 0 Å². The van der Waals surface area contributed by atoms with Crippen molar-refractivity contribution in [3.05, 3.63) is 170 Å². The number of likely N-dealkylation sites (tertiary alicyclic amines) is 1. The van der Waals surface area contributed by atoms with Gasteiger partial charge in [-0.1, -0.05) is 6.42 Å². The number of nitrogens with one attached hydrogen (secondary N) is 3. The quantitative estimate of drug-likeness (QED) is 0.0250. The summed E-state index contributed by atoms with van der Waals surface area (Å²) >= 11 is 5.31. The summed E-state index contributed by atoms with van der Waals surface area (Å²) in [4.78, 5) is 115. The number of carboxylic acid groups (broad SMARTS) is 3. The molecule has 0 radical (unpaired) electrons. The molecule has 4 aromatic carbocycles. The zero-order chi connectivity index (χ0) is 74.8. The molecule has 8 N–H and O–H groups in total. The zero-order valence-corrected chi connectivity index (χ0v) is 58.5. The number of piperidine rings is 2. The number of carbonyl (C=O) groups is 10. The van der Waals surface area contributed by atoms with Crippen molar-refractivity contribution in [2.24, 2.45) is 5.73 Å². The number of hydrogen-bond acceptors (Lipinski definition) is 24. The van der Waals surface area contributed by atoms with Crippen LogP contribution in [0.3, 0.4) is 0 Å². The molecular weight excluding hydrogens is 1420 g/mol. The Morgan fingerprint density at radius 3 is 1.06 bits per heavy atom. The Morgan fingerprint density at radius 1 is 0.471 bits per heavy atom. The highest BCUT2D eigenvalue weighted by Crippen LogP contribution is 2.17. The van der Waals surface area contributed by atoms with Gasteiger partial charge in [-0.3, -0.25) is 56.6 Å². The summed E-state index contributed by atoms with van der Waals surface area (Å²) in [5.41, 5.74) is 9.88. The van der Waals surface area contributed by atoms with Crippen molar-refractivity contribution >= 4 is 101 Å². The minimum atomic E-state index is -1.67. The molecular formula is C64H76Cl3N17O17S. The maximum Gasteiger partial charge on any atom is 0.335 e. The molecule has 0 unspecified atom stereocenters. The monoisotopic (exact) mass is 1490 g/mol. The summed E-state index contributed by atoms with van der Waals surface area (Å²) < 4.78 is 29.3. The van der Waals surface area contributed by atoms with Crippen LogP contribution < -0.4 is 21.7 Å². The molecule has 0 bridgehead atoms. The van der Waals surface area contributed by atoms with E-state index in [1.165, 1.54) is 78.5 Å². The number of halogens is 3. The third kappa shape index (κ3) is 31.6. The molecule has 0 saturated carbocycles. The van der Waals surface area contributed by atoms with Crippen LogP contribution >= 0.6 is 33.0 Å². The minimum Gasteiger partial charge on any atom is -0.480 e. The third-order valence-electron chi connectivity index (χ3n) is 14.4. The lowest BCUT2D eigenvalue weighted by atomic mass is 10.1. The number of carbonyl (C=O) groups excluding carboxylic acids is 7. The number of carboxylic acids is 3. The molecule has 8 aromatic rings. The molecule has 2 fully saturated rings. The average molecular weight is 1490 g/mol. The lowest BCUT2D eigenvalue weighted by Gasteiger charge is -2.30. The number of ether oxygens (including phenoxy) is 3. The lowest BCUT2D eigenvalue weighted by molar-refractivity contribution is -0.143. The molecule has 2 aliphatic heterocycles. The second-order valence-corrected chi connectivity index (χ2v) is 24.2. The van der Waals surface area contributed by atoms with Gasteiger partial charge >= 0.3 is 35.8 Å². The number of benzene rings is 4. The molecule has 34 nitrogen and oxygen atoms in total. The fourth-order valence-corrected chi connectivity index (χ4v) is 8.93. The van der Waals surface area contributed by atoms with Crippen molar-refractivity contribution in [2.75, 3.05) is 47.5 Å². The number of amides is 3. The van der Waals surface area contributed by atoms with Gasteiger partial charge in [0.1, 0.15) is 68.7 Å². The Balaban J connectivity index is 0.000000271. The first-order chi connectivity index (χ1) is 48.9. The highest BCUT2D eigenvalue weighted by atomic mass is 36.0. The number of rotatable bonds is 22. The highest BCUT2D eigenvalue weighted by Gasteiger charge is 2.28. The number of esters is 3. The second kappa shape index (κ2) is 46.6. The Bertz CT molecular complexity index is 3770. The van der Waals surface area contributed by atoms with Gasteiger partial charge in [0.15, 0.2) is 0 Å². The van der Waals surface area contributed by atoms with Gasteiger partial charge in [-0.2, -0.15) is 0 Å². The third-order valence-corrected chi connectivity index (χ3v) is 14.6. The predicted molar refractivity (Wildman–Crippen MR) is 369 cm³/mol. The second-order valence-electron chi connectivity index (χ2n) is 21.3. The number of nitrogens with zero attached hydrogens (tertiary/aromatic N) is 13. The molecule has 10 rings (SSSR count). The minimum absolute atomic E-state index is 0.0456. The van der Waals surface area contributed by atoms with Crippen molar-refractivity contribution in [2.45, 2.75) is 95.2 Å². The van der Waals surface area contributed by atoms with E-state index in [-0.39, 0.29) is 55.9 Å². The van der Waals surface area contributed by atoms with Gasteiger partial charge in [0.2, 0.25) is 15.1 Å². The van der Waals surface area contributed by atoms with E-state index in [1.807, 2.05) is 0 Å². The van der Waals surface area contributed by atoms with Gasteiger partial charge in [0.25, 0.3) is 17.1 Å². The van der Waals surface area contributed by atoms with Gasteiger partial charge < -0.3 is 56.1 Å². The van der Waals surface area contributed by atoms with E-state index in [0.29, 0.717) is 29.8 Å². The van der Waals surface area contributed by atoms with E-state index in [4.69, 9.17) is 36.9 Å². The zero-order valence-electron chi connectivity index (χ0n) is 55.4. The van der Waals surface area contributed by atoms with Crippen molar-refractivity contribution in [1.82, 2.24) is 79.9 Å². The summed E-state index contributed by atoms with van der Waals surface area (Å²) in [6.07, 6.45) is 19.9. The van der Waals surface area contributed by atoms with Crippen LogP contribution in [0.1, 0.15) is 118 Å². The van der Waals surface area contributed by atoms with E-state index in [9.17, 15) is 47.9 Å². The lowest BCUT2D eigenvalue weighted by Crippen LogP contribution is -2.50. The molecule has 2 saturated heterocycles. The summed E-state index contributed by atoms with van der Waals surface area (Å²) in [7, 11) is 11.1. The molecule has 0 aliphatic carbocycles. The number of aromatic carboxylic acids is 1. The van der Waals surface area contributed by atoms with Crippen LogP contribution in [0.25, 0.3) is 22.7 Å². The Kier molecular flexibility index (Phi) is 38.2. The molecule has 546 valence electrons. The van der Waals surface area contributed by atoms with Gasteiger partial charge in [-0.15, -0.1) is 40.8 Å². The first-order valence-electron chi connectivity index (χ1n) is 30.9. The largest absolute Gasteiger partial charge is 0.480 e. The summed E-state index contributed by atoms with van der Waals surface area (Å²) in [6.45, 7) is 3.86. The van der Waals surface area contributed by atoms with Crippen LogP contribution in [0.4, 0.5) is 0 Å². The fraction of sp³-hybridized carbons (Fsp3) is 0.344. The standard InChI is InChI=1S/C20H25N5O4.C15H16N4O5.C9H6ClN3O.C9H7N3O2.C6H11NO4.C5H11N.Cl2OS/c1-29-18(26)10-9-17(20(28)24-11-3-2-4-12-24)23-19(27)15-5-7-16(8-6-15)25-13-21-22-14-25;1-24-13(20)7-6-12(15(22)23)18-14(21)10-2-4-11(5-3-10)19-8-16-17-9-19;10-9(14)7-1-3-8(4-2-7)13-5-11-12-6-13;13-9(14)7-1-3-8(4-2-7)12-5-10-11-6-12;1-11-5(8)3-2-4(7)6(9)10;1-2-4-6-5-3-1;1-4(2)3/h5-8,13-14,17H,2-4,9-12H2,1H3,(H,23,27);2-5,8-9,12H,6-7H2,1H3,(H,18,21)(H,22,23);1-6H;1-6H,(H,13,14);4H,2-3,7H2,1H3,(H,9,10);6H,1-5H2;/t17-;12-;;;4-;;/m00..0../s1. The summed E-state index contributed by atoms with van der Waals surface area (Å²) in [6, 6.07) is 23.8. The SMILES string of the molecule is C1CCNCC1.COC(=O)CC[C@H](N)C(=O)O.COC(=O)CC[C@H](NC(=O)c1ccc(-n2cnnc2)cc1)C(=O)N1CCCCC1.COC(=O)CC[C@H](NC(=O)c1ccc(-n2cnnc2)cc1)C(=O)O.O=C(Cl)c1ccc(-n2cnnc2)cc1.O=C(O)c1ccc(-n2cnnc2)cc1.O=S(Cl)Cl. The smallest absolute Gasteiger partial charge is 0.335 e. The molecule has 0 spiro atoms. The van der Waals surface area contributed by atoms with E-state index in [2.05, 4.69) is 92.3 Å². The van der Waals surface area contributed by atoms with Gasteiger partial charge in [0, 0.05) is 93.2 Å². The molecule has 3 amide bonds. The molecule has 3 atom stereocenters. The normalized spacial score (nSPS) is 12.8. The first kappa shape index (κ1) is 83.7. The molecule has 6 heterocycles. The van der Waals surface area contributed by atoms with E-state index in [0.717, 1.165) is 42.0 Å². The maximum absolute atomic E-state index is 12.9. The number of hydrogen-bond donors (Lipinski definition) is 7. The highest BCUT2D eigenvalue weighted by molar-refractivity contribution is 8.26. The van der Waals surface area contributed by atoms with Crippen LogP contribution in [-0.2, 0) is 52.2 Å². The molecule has 4 aromatic heterocycles. The average Bonchev–Trinajstić information content (AvgIpc) is 1.64. The van der Waals surface area contributed by atoms with Crippen LogP contribution in [0, 0.1) is 0 Å². The van der Waals surface area contributed by atoms with Crippen LogP contribution in [0.2, 0.25) is 0 Å². The van der Waals surface area contributed by atoms with Crippen molar-refractivity contribution in [3.8, 4) is 22.7 Å². The van der Waals surface area contributed by atoms with Crippen molar-refractivity contribution in [1.29, 1.82) is 0 Å².